The van der Waals surface area contributed by atoms with E-state index in [1.54, 1.807) is 24.3 Å². The van der Waals surface area contributed by atoms with Gasteiger partial charge in [0, 0.05) is 0 Å². The normalized spacial score (nSPS) is 10.5. The zero-order valence-electron chi connectivity index (χ0n) is 13.6. The number of rotatable bonds is 9. The molecule has 2 rings (SSSR count). The molecule has 0 heterocycles. The van der Waals surface area contributed by atoms with Gasteiger partial charge in [0.1, 0.15) is 12.4 Å². The highest BCUT2D eigenvalue weighted by Gasteiger charge is 2.16. The van der Waals surface area contributed by atoms with Crippen LogP contribution in [0.5, 0.6) is 5.75 Å². The van der Waals surface area contributed by atoms with Crippen molar-refractivity contribution in [2.75, 3.05) is 6.67 Å². The second-order valence-corrected chi connectivity index (χ2v) is 5.19. The number of hydroxylamine groups is 1. The fourth-order valence-corrected chi connectivity index (χ4v) is 2.21. The monoisotopic (exact) mass is 362 g/mol. The van der Waals surface area contributed by atoms with Gasteiger partial charge in [-0.3, -0.25) is 14.9 Å². The van der Waals surface area contributed by atoms with Crippen molar-refractivity contribution in [3.05, 3.63) is 64.7 Å². The lowest BCUT2D eigenvalue weighted by Crippen LogP contribution is -2.34. The Labute approximate surface area is 148 Å². The number of aromatic carboxylic acids is 1. The molecule has 5 N–H and O–H groups in total. The number of hydrogen-bond donors (Lipinski definition) is 5. The first-order valence-corrected chi connectivity index (χ1v) is 7.55. The van der Waals surface area contributed by atoms with Crippen LogP contribution in [0.2, 0.25) is 0 Å². The molecular weight excluding hydrogens is 344 g/mol. The highest BCUT2D eigenvalue weighted by Crippen LogP contribution is 2.16. The van der Waals surface area contributed by atoms with Crippen LogP contribution in [-0.4, -0.2) is 34.0 Å². The standard InChI is InChI=1S/C17H18N2O7/c20-13-5-6-14(17(22)23)15(7-13)16(21)18-10-19-25-8-11-3-1-2-4-12(11)9-26-24/h1-7,19-20,24H,8-10H2,(H,18,21)(H,22,23). The number of carboxylic acid groups (broad SMARTS) is 1. The lowest BCUT2D eigenvalue weighted by molar-refractivity contribution is -0.253. The van der Waals surface area contributed by atoms with Crippen molar-refractivity contribution in [2.24, 2.45) is 0 Å². The number of benzene rings is 2. The van der Waals surface area contributed by atoms with Gasteiger partial charge in [-0.05, 0) is 29.3 Å². The van der Waals surface area contributed by atoms with Gasteiger partial charge in [-0.1, -0.05) is 24.3 Å². The first-order chi connectivity index (χ1) is 12.5. The molecule has 0 aliphatic rings. The Hall–Kier alpha value is -2.98. The van der Waals surface area contributed by atoms with Gasteiger partial charge >= 0.3 is 5.97 Å². The molecule has 0 bridgehead atoms. The number of carbonyl (C=O) groups is 2. The minimum Gasteiger partial charge on any atom is -0.508 e. The van der Waals surface area contributed by atoms with Crippen LogP contribution in [0.1, 0.15) is 31.8 Å². The molecule has 26 heavy (non-hydrogen) atoms. The second-order valence-electron chi connectivity index (χ2n) is 5.19. The Kier molecular flexibility index (Phi) is 7.06. The molecule has 0 aliphatic heterocycles. The minimum absolute atomic E-state index is 0.0196. The third-order valence-electron chi connectivity index (χ3n) is 3.47. The molecule has 0 fully saturated rings. The predicted octanol–water partition coefficient (Wildman–Crippen LogP) is 1.49. The fourth-order valence-electron chi connectivity index (χ4n) is 2.21. The van der Waals surface area contributed by atoms with E-state index in [0.29, 0.717) is 0 Å². The fraction of sp³-hybridized carbons (Fsp3) is 0.176. The molecule has 138 valence electrons. The van der Waals surface area contributed by atoms with Crippen LogP contribution in [0.25, 0.3) is 0 Å². The van der Waals surface area contributed by atoms with Crippen LogP contribution >= 0.6 is 0 Å². The van der Waals surface area contributed by atoms with Crippen molar-refractivity contribution < 1.29 is 34.8 Å². The number of amides is 1. The van der Waals surface area contributed by atoms with E-state index in [9.17, 15) is 14.7 Å². The summed E-state index contributed by atoms with van der Waals surface area (Å²) in [5.74, 6) is -2.17. The van der Waals surface area contributed by atoms with Crippen molar-refractivity contribution in [3.8, 4) is 5.75 Å². The molecule has 9 nitrogen and oxygen atoms in total. The Morgan fingerprint density at radius 3 is 2.35 bits per heavy atom. The maximum atomic E-state index is 12.1. The highest BCUT2D eigenvalue weighted by molar-refractivity contribution is 6.05. The van der Waals surface area contributed by atoms with E-state index in [0.717, 1.165) is 23.3 Å². The SMILES string of the molecule is O=C(O)c1ccc(O)cc1C(=O)NCNOCc1ccccc1COO. The van der Waals surface area contributed by atoms with E-state index in [1.807, 2.05) is 0 Å². The highest BCUT2D eigenvalue weighted by atomic mass is 17.1. The van der Waals surface area contributed by atoms with Gasteiger partial charge in [-0.25, -0.2) is 9.68 Å². The minimum atomic E-state index is -1.28. The number of phenols is 1. The Morgan fingerprint density at radius 2 is 1.69 bits per heavy atom. The summed E-state index contributed by atoms with van der Waals surface area (Å²) in [4.78, 5) is 32.5. The van der Waals surface area contributed by atoms with Crippen LogP contribution in [0, 0.1) is 0 Å². The second kappa shape index (κ2) is 9.49. The van der Waals surface area contributed by atoms with Gasteiger partial charge in [-0.2, -0.15) is 5.48 Å². The third-order valence-corrected chi connectivity index (χ3v) is 3.47. The van der Waals surface area contributed by atoms with E-state index >= 15 is 0 Å². The van der Waals surface area contributed by atoms with E-state index in [1.165, 1.54) is 6.07 Å². The van der Waals surface area contributed by atoms with Gasteiger partial charge in [0.25, 0.3) is 5.91 Å². The van der Waals surface area contributed by atoms with Crippen LogP contribution in [0.3, 0.4) is 0 Å². The number of carbonyl (C=O) groups excluding carboxylic acids is 1. The molecule has 0 unspecified atom stereocenters. The summed E-state index contributed by atoms with van der Waals surface area (Å²) in [5.41, 5.74) is 3.66. The van der Waals surface area contributed by atoms with Crippen molar-refractivity contribution >= 4 is 11.9 Å². The number of nitrogens with one attached hydrogen (secondary N) is 2. The van der Waals surface area contributed by atoms with Crippen LogP contribution in [-0.2, 0) is 22.9 Å². The maximum absolute atomic E-state index is 12.1. The van der Waals surface area contributed by atoms with Crippen LogP contribution < -0.4 is 10.8 Å². The maximum Gasteiger partial charge on any atom is 0.336 e. The van der Waals surface area contributed by atoms with Crippen molar-refractivity contribution in [1.82, 2.24) is 10.8 Å². The van der Waals surface area contributed by atoms with E-state index < -0.39 is 11.9 Å². The molecule has 9 heteroatoms. The summed E-state index contributed by atoms with van der Waals surface area (Å²) in [6, 6.07) is 10.6. The lowest BCUT2D eigenvalue weighted by atomic mass is 10.1. The zero-order chi connectivity index (χ0) is 18.9. The third kappa shape index (κ3) is 5.26. The molecule has 0 spiro atoms. The average molecular weight is 362 g/mol. The van der Waals surface area contributed by atoms with E-state index in [4.69, 9.17) is 15.2 Å². The van der Waals surface area contributed by atoms with E-state index in [-0.39, 0.29) is 36.8 Å². The Morgan fingerprint density at radius 1 is 1.00 bits per heavy atom. The predicted molar refractivity (Wildman–Crippen MR) is 89.2 cm³/mol. The van der Waals surface area contributed by atoms with Crippen LogP contribution in [0.4, 0.5) is 0 Å². The van der Waals surface area contributed by atoms with Crippen molar-refractivity contribution in [2.45, 2.75) is 13.2 Å². The lowest BCUT2D eigenvalue weighted by Gasteiger charge is -2.11. The molecule has 0 aromatic heterocycles. The quantitative estimate of drug-likeness (QED) is 0.196. The van der Waals surface area contributed by atoms with E-state index in [2.05, 4.69) is 15.7 Å². The number of aromatic hydroxyl groups is 1. The Balaban J connectivity index is 1.85. The topological polar surface area (TPSA) is 137 Å². The van der Waals surface area contributed by atoms with Gasteiger partial charge in [0.2, 0.25) is 0 Å². The summed E-state index contributed by atoms with van der Waals surface area (Å²) in [7, 11) is 0. The molecule has 0 radical (unpaired) electrons. The molecule has 0 saturated carbocycles. The zero-order valence-corrected chi connectivity index (χ0v) is 13.6. The molecule has 2 aromatic carbocycles. The van der Waals surface area contributed by atoms with Crippen molar-refractivity contribution in [3.63, 3.8) is 0 Å². The molecular formula is C17H18N2O7. The smallest absolute Gasteiger partial charge is 0.336 e. The number of phenolic OH excluding ortho intramolecular Hbond substituents is 1. The van der Waals surface area contributed by atoms with Gasteiger partial charge in [0.15, 0.2) is 0 Å². The summed E-state index contributed by atoms with van der Waals surface area (Å²) < 4.78 is 0. The van der Waals surface area contributed by atoms with Gasteiger partial charge < -0.3 is 15.5 Å². The number of carboxylic acids is 1. The summed E-state index contributed by atoms with van der Waals surface area (Å²) in [6.45, 7) is 0.0832. The van der Waals surface area contributed by atoms with Gasteiger partial charge in [0.05, 0.1) is 24.4 Å². The first-order valence-electron chi connectivity index (χ1n) is 7.55. The van der Waals surface area contributed by atoms with Gasteiger partial charge in [-0.15, -0.1) is 0 Å². The summed E-state index contributed by atoms with van der Waals surface area (Å²) in [6.07, 6.45) is 0. The molecule has 1 amide bonds. The molecule has 0 aliphatic carbocycles. The van der Waals surface area contributed by atoms with Crippen LogP contribution in [0.15, 0.2) is 42.5 Å². The average Bonchev–Trinajstić information content (AvgIpc) is 2.62. The summed E-state index contributed by atoms with van der Waals surface area (Å²) in [5, 5.41) is 29.5. The molecule has 0 saturated heterocycles. The first kappa shape index (κ1) is 19.3. The Bertz CT molecular complexity index is 779. The number of hydrogen-bond acceptors (Lipinski definition) is 7. The van der Waals surface area contributed by atoms with Crippen molar-refractivity contribution in [1.29, 1.82) is 0 Å². The molecule has 2 aromatic rings. The molecule has 0 atom stereocenters. The summed E-state index contributed by atoms with van der Waals surface area (Å²) >= 11 is 0. The largest absolute Gasteiger partial charge is 0.508 e.